The van der Waals surface area contributed by atoms with E-state index < -0.39 is 0 Å². The largest absolute Gasteiger partial charge is 0.382 e. The summed E-state index contributed by atoms with van der Waals surface area (Å²) in [6.07, 6.45) is 7.04. The number of nitrogens with two attached hydrogens (primary N) is 1. The number of H-pyrrole nitrogens is 1. The maximum atomic E-state index is 13.1. The van der Waals surface area contributed by atoms with Crippen molar-refractivity contribution in [2.45, 2.75) is 39.2 Å². The Bertz CT molecular complexity index is 977. The minimum Gasteiger partial charge on any atom is -0.382 e. The van der Waals surface area contributed by atoms with Gasteiger partial charge < -0.3 is 10.3 Å². The number of nitrogen functional groups attached to an aromatic ring is 1. The topological polar surface area (TPSA) is 94.5 Å². The lowest BCUT2D eigenvalue weighted by atomic mass is 9.87. The molecule has 1 atom stereocenters. The van der Waals surface area contributed by atoms with E-state index in [1.807, 2.05) is 30.1 Å². The normalized spacial score (nSPS) is 20.0. The van der Waals surface area contributed by atoms with Gasteiger partial charge in [0.25, 0.3) is 5.56 Å². The number of hydrogen-bond acceptors (Lipinski definition) is 4. The molecule has 0 aliphatic heterocycles. The van der Waals surface area contributed by atoms with Crippen LogP contribution in [0.5, 0.6) is 0 Å². The number of hydrogen-bond donors (Lipinski definition) is 2. The molecule has 3 heterocycles. The maximum Gasteiger partial charge on any atom is 0.264 e. The molecule has 0 radical (unpaired) electrons. The highest BCUT2D eigenvalue weighted by molar-refractivity contribution is 5.97. The third-order valence-electron chi connectivity index (χ3n) is 5.31. The van der Waals surface area contributed by atoms with Gasteiger partial charge in [0.2, 0.25) is 0 Å². The van der Waals surface area contributed by atoms with E-state index in [1.165, 1.54) is 0 Å². The Morgan fingerprint density at radius 1 is 1.42 bits per heavy atom. The summed E-state index contributed by atoms with van der Waals surface area (Å²) >= 11 is 0. The number of aromatic nitrogens is 5. The Labute approximate surface area is 139 Å². The second kappa shape index (κ2) is 4.96. The number of nitrogens with zero attached hydrogens (tertiary/aromatic N) is 4. The van der Waals surface area contributed by atoms with Crippen LogP contribution in [0.25, 0.3) is 22.2 Å². The first-order valence-electron chi connectivity index (χ1n) is 8.27. The zero-order chi connectivity index (χ0) is 17.1. The summed E-state index contributed by atoms with van der Waals surface area (Å²) in [5.41, 5.74) is 8.31. The van der Waals surface area contributed by atoms with E-state index >= 15 is 0 Å². The number of anilines is 1. The predicted octanol–water partition coefficient (Wildman–Crippen LogP) is 2.46. The van der Waals surface area contributed by atoms with E-state index in [1.54, 1.807) is 4.68 Å². The zero-order valence-electron chi connectivity index (χ0n) is 14.2. The summed E-state index contributed by atoms with van der Waals surface area (Å²) in [6.45, 7) is 4.45. The summed E-state index contributed by atoms with van der Waals surface area (Å²) in [7, 11) is 1.87. The number of aryl methyl sites for hydroxylation is 1. The van der Waals surface area contributed by atoms with Gasteiger partial charge in [-0.25, -0.2) is 0 Å². The summed E-state index contributed by atoms with van der Waals surface area (Å²) in [5.74, 6) is 0.248. The summed E-state index contributed by atoms with van der Waals surface area (Å²) in [6, 6.07) is 2.09. The molecule has 7 nitrogen and oxygen atoms in total. The molecule has 1 fully saturated rings. The molecule has 0 amide bonds. The maximum absolute atomic E-state index is 13.1. The standard InChI is InChI=1S/C17H22N6O/c1-17(2)7-4-5-12(17)23-9-10(11-6-8-22(3)21-11)14-13(16(23)24)15(18)20-19-14/h6,8-9,12H,4-5,7H2,1-3H3,(H3,18,19,20). The highest BCUT2D eigenvalue weighted by Crippen LogP contribution is 2.45. The third kappa shape index (κ3) is 2.07. The van der Waals surface area contributed by atoms with Gasteiger partial charge >= 0.3 is 0 Å². The molecule has 4 rings (SSSR count). The molecule has 0 saturated heterocycles. The second-order valence-corrected chi connectivity index (χ2v) is 7.39. The van der Waals surface area contributed by atoms with Gasteiger partial charge in [-0.15, -0.1) is 0 Å². The minimum atomic E-state index is -0.0732. The fourth-order valence-corrected chi connectivity index (χ4v) is 3.97. The number of nitrogens with one attached hydrogen (secondary N) is 1. The van der Waals surface area contributed by atoms with Crippen LogP contribution in [-0.2, 0) is 7.05 Å². The molecule has 0 aromatic carbocycles. The van der Waals surface area contributed by atoms with Crippen molar-refractivity contribution in [3.05, 3.63) is 28.8 Å². The molecular weight excluding hydrogens is 304 g/mol. The molecule has 0 spiro atoms. The van der Waals surface area contributed by atoms with Gasteiger partial charge in [-0.1, -0.05) is 20.3 Å². The summed E-state index contributed by atoms with van der Waals surface area (Å²) in [4.78, 5) is 13.1. The lowest BCUT2D eigenvalue weighted by Gasteiger charge is -2.29. The van der Waals surface area contributed by atoms with E-state index in [-0.39, 0.29) is 22.8 Å². The molecule has 7 heteroatoms. The van der Waals surface area contributed by atoms with Crippen LogP contribution in [0.3, 0.4) is 0 Å². The van der Waals surface area contributed by atoms with E-state index in [0.29, 0.717) is 10.9 Å². The van der Waals surface area contributed by atoms with E-state index in [0.717, 1.165) is 30.5 Å². The molecule has 24 heavy (non-hydrogen) atoms. The van der Waals surface area contributed by atoms with E-state index in [4.69, 9.17) is 5.73 Å². The average molecular weight is 326 g/mol. The highest BCUT2D eigenvalue weighted by atomic mass is 16.1. The van der Waals surface area contributed by atoms with Gasteiger partial charge in [0.1, 0.15) is 5.39 Å². The predicted molar refractivity (Wildman–Crippen MR) is 93.6 cm³/mol. The van der Waals surface area contributed by atoms with Crippen LogP contribution in [0.2, 0.25) is 0 Å². The lowest BCUT2D eigenvalue weighted by Crippen LogP contribution is -2.31. The van der Waals surface area contributed by atoms with Crippen LogP contribution in [0.4, 0.5) is 5.82 Å². The smallest absolute Gasteiger partial charge is 0.264 e. The number of pyridine rings is 1. The summed E-state index contributed by atoms with van der Waals surface area (Å²) < 4.78 is 3.60. The van der Waals surface area contributed by atoms with Crippen molar-refractivity contribution in [1.82, 2.24) is 24.5 Å². The van der Waals surface area contributed by atoms with Gasteiger partial charge in [0.15, 0.2) is 5.82 Å². The molecule has 3 aromatic heterocycles. The average Bonchev–Trinajstić information content (AvgIpc) is 3.20. The zero-order valence-corrected chi connectivity index (χ0v) is 14.2. The Kier molecular flexibility index (Phi) is 3.10. The fourth-order valence-electron chi connectivity index (χ4n) is 3.97. The molecule has 0 bridgehead atoms. The molecule has 3 N–H and O–H groups in total. The van der Waals surface area contributed by atoms with Crippen molar-refractivity contribution in [3.8, 4) is 11.3 Å². The van der Waals surface area contributed by atoms with Crippen molar-refractivity contribution in [2.75, 3.05) is 5.73 Å². The molecule has 126 valence electrons. The number of aromatic amines is 1. The van der Waals surface area contributed by atoms with Crippen molar-refractivity contribution in [3.63, 3.8) is 0 Å². The first-order valence-corrected chi connectivity index (χ1v) is 8.27. The van der Waals surface area contributed by atoms with Gasteiger partial charge in [-0.2, -0.15) is 10.2 Å². The van der Waals surface area contributed by atoms with Crippen molar-refractivity contribution < 1.29 is 0 Å². The number of rotatable bonds is 2. The van der Waals surface area contributed by atoms with Gasteiger partial charge in [-0.3, -0.25) is 14.6 Å². The quantitative estimate of drug-likeness (QED) is 0.756. The SMILES string of the molecule is Cn1ccc(-c2cn(C3CCCC3(C)C)c(=O)c3c(N)n[nH]c23)n1. The Morgan fingerprint density at radius 3 is 2.83 bits per heavy atom. The second-order valence-electron chi connectivity index (χ2n) is 7.39. The van der Waals surface area contributed by atoms with Gasteiger partial charge in [0, 0.05) is 31.0 Å². The molecule has 1 aliphatic carbocycles. The lowest BCUT2D eigenvalue weighted by molar-refractivity contribution is 0.257. The Balaban J connectivity index is 2.03. The van der Waals surface area contributed by atoms with Crippen molar-refractivity contribution >= 4 is 16.7 Å². The molecular formula is C17H22N6O. The first kappa shape index (κ1) is 15.0. The van der Waals surface area contributed by atoms with Crippen LogP contribution in [0.15, 0.2) is 23.3 Å². The Hall–Kier alpha value is -2.57. The molecule has 3 aromatic rings. The van der Waals surface area contributed by atoms with Crippen LogP contribution in [0.1, 0.15) is 39.2 Å². The fraction of sp³-hybridized carbons (Fsp3) is 0.471. The first-order chi connectivity index (χ1) is 11.4. The molecule has 1 aliphatic rings. The van der Waals surface area contributed by atoms with Crippen LogP contribution >= 0.6 is 0 Å². The van der Waals surface area contributed by atoms with Gasteiger partial charge in [0.05, 0.1) is 11.2 Å². The Morgan fingerprint density at radius 2 is 2.21 bits per heavy atom. The minimum absolute atomic E-state index is 0.0732. The number of fused-ring (bicyclic) bond motifs is 1. The molecule has 1 saturated carbocycles. The van der Waals surface area contributed by atoms with E-state index in [9.17, 15) is 4.79 Å². The van der Waals surface area contributed by atoms with E-state index in [2.05, 4.69) is 29.1 Å². The monoisotopic (exact) mass is 326 g/mol. The third-order valence-corrected chi connectivity index (χ3v) is 5.31. The van der Waals surface area contributed by atoms with Gasteiger partial charge in [-0.05, 0) is 24.3 Å². The summed E-state index contributed by atoms with van der Waals surface area (Å²) in [5, 5.41) is 11.9. The molecule has 1 unspecified atom stereocenters. The highest BCUT2D eigenvalue weighted by Gasteiger charge is 2.37. The van der Waals surface area contributed by atoms with Crippen molar-refractivity contribution in [1.29, 1.82) is 0 Å². The van der Waals surface area contributed by atoms with Crippen molar-refractivity contribution in [2.24, 2.45) is 12.5 Å². The van der Waals surface area contributed by atoms with Crippen LogP contribution < -0.4 is 11.3 Å². The van der Waals surface area contributed by atoms with Crippen LogP contribution in [-0.4, -0.2) is 24.5 Å². The van der Waals surface area contributed by atoms with Crippen LogP contribution in [0, 0.1) is 5.41 Å².